The van der Waals surface area contributed by atoms with Crippen LogP contribution in [0.5, 0.6) is 17.2 Å². The van der Waals surface area contributed by atoms with Gasteiger partial charge in [-0.2, -0.15) is 0 Å². The highest BCUT2D eigenvalue weighted by Crippen LogP contribution is 2.47. The molecule has 9 nitrogen and oxygen atoms in total. The summed E-state index contributed by atoms with van der Waals surface area (Å²) in [4.78, 5) is 34.3. The Hall–Kier alpha value is -4.53. The van der Waals surface area contributed by atoms with Crippen molar-refractivity contribution in [2.24, 2.45) is 5.92 Å². The molecule has 39 heavy (non-hydrogen) atoms. The summed E-state index contributed by atoms with van der Waals surface area (Å²) in [5, 5.41) is 0. The zero-order valence-electron chi connectivity index (χ0n) is 22.4. The molecule has 1 aromatic heterocycles. The summed E-state index contributed by atoms with van der Waals surface area (Å²) in [5.74, 6) is -0.362. The molecule has 2 atom stereocenters. The van der Waals surface area contributed by atoms with Crippen molar-refractivity contribution in [3.05, 3.63) is 77.9 Å². The van der Waals surface area contributed by atoms with Crippen LogP contribution >= 0.6 is 0 Å². The van der Waals surface area contributed by atoms with Gasteiger partial charge < -0.3 is 23.5 Å². The number of aromatic nitrogens is 2. The Morgan fingerprint density at radius 2 is 1.56 bits per heavy atom. The maximum absolute atomic E-state index is 14.2. The van der Waals surface area contributed by atoms with Gasteiger partial charge in [-0.05, 0) is 37.1 Å². The number of hydrogen-bond donors (Lipinski definition) is 0. The van der Waals surface area contributed by atoms with Gasteiger partial charge in [-0.25, -0.2) is 4.98 Å². The lowest BCUT2D eigenvalue weighted by molar-refractivity contribution is -0.153. The van der Waals surface area contributed by atoms with Crippen LogP contribution in [-0.2, 0) is 20.7 Å². The fraction of sp³-hybridized carbons (Fsp3) is 0.300. The van der Waals surface area contributed by atoms with Crippen molar-refractivity contribution >= 4 is 28.9 Å². The lowest BCUT2D eigenvalue weighted by Crippen LogP contribution is -2.50. The maximum Gasteiger partial charge on any atom is 0.321 e. The van der Waals surface area contributed by atoms with Crippen LogP contribution in [0.25, 0.3) is 11.0 Å². The van der Waals surface area contributed by atoms with Crippen molar-refractivity contribution in [3.63, 3.8) is 0 Å². The van der Waals surface area contributed by atoms with Crippen molar-refractivity contribution in [2.45, 2.75) is 19.4 Å². The number of amides is 1. The topological polar surface area (TPSA) is 92.1 Å². The molecule has 0 spiro atoms. The van der Waals surface area contributed by atoms with Gasteiger partial charge in [0.25, 0.3) is 0 Å². The summed E-state index contributed by atoms with van der Waals surface area (Å²) in [7, 11) is 4.61. The van der Waals surface area contributed by atoms with Crippen LogP contribution in [0.1, 0.15) is 24.1 Å². The molecule has 9 heteroatoms. The molecule has 0 unspecified atom stereocenters. The van der Waals surface area contributed by atoms with Gasteiger partial charge >= 0.3 is 5.97 Å². The van der Waals surface area contributed by atoms with E-state index in [2.05, 4.69) is 0 Å². The number of rotatable bonds is 9. The molecule has 1 amide bonds. The third-order valence-electron chi connectivity index (χ3n) is 7.01. The fourth-order valence-corrected chi connectivity index (χ4v) is 5.21. The molecule has 2 heterocycles. The normalized spacial score (nSPS) is 16.6. The van der Waals surface area contributed by atoms with Crippen molar-refractivity contribution in [2.75, 3.05) is 39.4 Å². The summed E-state index contributed by atoms with van der Waals surface area (Å²) in [6.45, 7) is 2.21. The molecule has 0 saturated carbocycles. The summed E-state index contributed by atoms with van der Waals surface area (Å²) >= 11 is 0. The number of methoxy groups -OCH3 is 3. The first-order chi connectivity index (χ1) is 19.0. The number of nitrogens with zero attached hydrogens (tertiary/aromatic N) is 3. The van der Waals surface area contributed by atoms with Gasteiger partial charge in [0.15, 0.2) is 17.4 Å². The minimum Gasteiger partial charge on any atom is -0.496 e. The van der Waals surface area contributed by atoms with Crippen molar-refractivity contribution in [1.29, 1.82) is 0 Å². The van der Waals surface area contributed by atoms with Crippen molar-refractivity contribution in [3.8, 4) is 17.2 Å². The molecule has 0 saturated heterocycles. The average molecular weight is 530 g/mol. The highest BCUT2D eigenvalue weighted by molar-refractivity contribution is 6.08. The second-order valence-electron chi connectivity index (χ2n) is 9.12. The van der Waals surface area contributed by atoms with Crippen LogP contribution in [0.3, 0.4) is 0 Å². The Balaban J connectivity index is 1.74. The van der Waals surface area contributed by atoms with Crippen LogP contribution in [0.15, 0.2) is 66.7 Å². The van der Waals surface area contributed by atoms with E-state index in [1.54, 1.807) is 24.0 Å². The molecule has 5 rings (SSSR count). The Bertz CT molecular complexity index is 1500. The largest absolute Gasteiger partial charge is 0.496 e. The van der Waals surface area contributed by atoms with Crippen LogP contribution in [0.2, 0.25) is 0 Å². The number of anilines is 1. The monoisotopic (exact) mass is 529 g/mol. The number of hydrogen-bond acceptors (Lipinski definition) is 7. The fourth-order valence-electron chi connectivity index (χ4n) is 5.21. The van der Waals surface area contributed by atoms with E-state index < -0.39 is 17.9 Å². The molecule has 0 fully saturated rings. The van der Waals surface area contributed by atoms with E-state index in [0.717, 1.165) is 11.1 Å². The molecule has 0 aliphatic carbocycles. The minimum absolute atomic E-state index is 0.139. The number of benzene rings is 3. The molecule has 1 aliphatic rings. The Morgan fingerprint density at radius 3 is 2.26 bits per heavy atom. The zero-order valence-corrected chi connectivity index (χ0v) is 22.4. The van der Waals surface area contributed by atoms with Gasteiger partial charge in [0.1, 0.15) is 5.75 Å². The molecule has 202 valence electrons. The molecular formula is C30H31N3O6. The van der Waals surface area contributed by atoms with E-state index in [-0.39, 0.29) is 12.5 Å². The number of carbonyl (C=O) groups excluding carboxylic acids is 2. The van der Waals surface area contributed by atoms with Gasteiger partial charge in [-0.3, -0.25) is 14.5 Å². The van der Waals surface area contributed by atoms with Crippen molar-refractivity contribution < 1.29 is 28.5 Å². The lowest BCUT2D eigenvalue weighted by atomic mass is 9.88. The number of carbonyl (C=O) groups is 2. The third-order valence-corrected chi connectivity index (χ3v) is 7.01. The highest BCUT2D eigenvalue weighted by atomic mass is 16.5. The van der Waals surface area contributed by atoms with E-state index in [0.29, 0.717) is 47.2 Å². The summed E-state index contributed by atoms with van der Waals surface area (Å²) < 4.78 is 24.2. The Kier molecular flexibility index (Phi) is 7.40. The molecule has 1 aliphatic heterocycles. The van der Waals surface area contributed by atoms with E-state index >= 15 is 0 Å². The smallest absolute Gasteiger partial charge is 0.321 e. The van der Waals surface area contributed by atoms with Crippen LogP contribution in [0, 0.1) is 5.92 Å². The van der Waals surface area contributed by atoms with Crippen LogP contribution in [0.4, 0.5) is 5.95 Å². The predicted octanol–water partition coefficient (Wildman–Crippen LogP) is 4.42. The maximum atomic E-state index is 14.2. The highest BCUT2D eigenvalue weighted by Gasteiger charge is 2.49. The number of fused-ring (bicyclic) bond motifs is 3. The first-order valence-corrected chi connectivity index (χ1v) is 12.8. The lowest BCUT2D eigenvalue weighted by Gasteiger charge is -2.38. The Labute approximate surface area is 226 Å². The zero-order chi connectivity index (χ0) is 27.5. The number of esters is 1. The van der Waals surface area contributed by atoms with E-state index in [4.69, 9.17) is 23.9 Å². The van der Waals surface area contributed by atoms with E-state index in [1.807, 2.05) is 59.2 Å². The summed E-state index contributed by atoms with van der Waals surface area (Å²) in [5.41, 5.74) is 3.14. The number of imidazole rings is 1. The van der Waals surface area contributed by atoms with E-state index in [9.17, 15) is 9.59 Å². The SMILES string of the molecule is CCOC(=O)[C@H]1C(=O)N(CCc2ccccc2)c2nc3ccccc3n2[C@@H]1c1cc(OC)c(OC)cc1OC. The molecule has 4 aromatic rings. The third kappa shape index (κ3) is 4.65. The van der Waals surface area contributed by atoms with Gasteiger partial charge in [0.05, 0.1) is 45.0 Å². The number of ether oxygens (including phenoxy) is 4. The summed E-state index contributed by atoms with van der Waals surface area (Å²) in [6, 6.07) is 20.2. The van der Waals surface area contributed by atoms with Crippen LogP contribution < -0.4 is 19.1 Å². The minimum atomic E-state index is -1.18. The van der Waals surface area contributed by atoms with Gasteiger partial charge in [-0.1, -0.05) is 42.5 Å². The average Bonchev–Trinajstić information content (AvgIpc) is 3.35. The Morgan fingerprint density at radius 1 is 0.897 bits per heavy atom. The number of para-hydroxylation sites is 2. The second kappa shape index (κ2) is 11.1. The molecule has 0 N–H and O–H groups in total. The van der Waals surface area contributed by atoms with Crippen molar-refractivity contribution in [1.82, 2.24) is 9.55 Å². The quantitative estimate of drug-likeness (QED) is 0.234. The standard InChI is InChI=1S/C30H31N3O6/c1-5-39-29(35)26-27(20-17-24(37-3)25(38-4)18-23(20)36-2)33-22-14-10-9-13-21(22)31-30(33)32(28(26)34)16-15-19-11-7-6-8-12-19/h6-14,17-18,26-27H,5,15-16H2,1-4H3/t26-,27-/m1/s1. The first-order valence-electron chi connectivity index (χ1n) is 12.8. The molecule has 0 bridgehead atoms. The molecule has 3 aromatic carbocycles. The van der Waals surface area contributed by atoms with Gasteiger partial charge in [0.2, 0.25) is 11.9 Å². The van der Waals surface area contributed by atoms with Crippen LogP contribution in [-0.4, -0.2) is 55.9 Å². The molecular weight excluding hydrogens is 498 g/mol. The van der Waals surface area contributed by atoms with Gasteiger partial charge in [-0.15, -0.1) is 0 Å². The van der Waals surface area contributed by atoms with E-state index in [1.165, 1.54) is 21.3 Å². The first kappa shape index (κ1) is 26.1. The predicted molar refractivity (Wildman–Crippen MR) is 147 cm³/mol. The molecule has 0 radical (unpaired) electrons. The van der Waals surface area contributed by atoms with Gasteiger partial charge in [0, 0.05) is 18.2 Å². The second-order valence-corrected chi connectivity index (χ2v) is 9.12. The summed E-state index contributed by atoms with van der Waals surface area (Å²) in [6.07, 6.45) is 0.593.